The third-order valence-corrected chi connectivity index (χ3v) is 8.48. The molecule has 48 heavy (non-hydrogen) atoms. The van der Waals surface area contributed by atoms with Crippen LogP contribution in [0.15, 0.2) is 60.7 Å². The van der Waals surface area contributed by atoms with Crippen LogP contribution in [0.4, 0.5) is 0 Å². The van der Waals surface area contributed by atoms with Crippen LogP contribution in [-0.4, -0.2) is 35.8 Å². The maximum Gasteiger partial charge on any atom is 0.328 e. The number of esters is 2. The Labute approximate surface area is 289 Å². The lowest BCUT2D eigenvalue weighted by Gasteiger charge is -2.25. The van der Waals surface area contributed by atoms with Crippen molar-refractivity contribution >= 4 is 23.8 Å². The van der Waals surface area contributed by atoms with Crippen LogP contribution in [0, 0.1) is 5.92 Å². The van der Waals surface area contributed by atoms with Gasteiger partial charge in [-0.1, -0.05) is 158 Å². The summed E-state index contributed by atoms with van der Waals surface area (Å²) in [6, 6.07) is 16.7. The largest absolute Gasteiger partial charge is 0.461 e. The highest BCUT2D eigenvalue weighted by Crippen LogP contribution is 2.14. The van der Waals surface area contributed by atoms with Crippen LogP contribution in [-0.2, 0) is 41.9 Å². The van der Waals surface area contributed by atoms with Gasteiger partial charge in [0.25, 0.3) is 0 Å². The van der Waals surface area contributed by atoms with E-state index in [1.807, 2.05) is 74.5 Å². The maximum absolute atomic E-state index is 13.4. The molecule has 266 valence electrons. The van der Waals surface area contributed by atoms with Gasteiger partial charge < -0.3 is 20.1 Å². The van der Waals surface area contributed by atoms with Gasteiger partial charge in [-0.05, 0) is 29.9 Å². The number of nitrogens with one attached hydrogen (secondary N) is 2. The molecule has 8 nitrogen and oxygen atoms in total. The van der Waals surface area contributed by atoms with Crippen LogP contribution < -0.4 is 10.6 Å². The molecule has 2 amide bonds. The molecule has 0 aromatic heterocycles. The molecule has 0 bridgehead atoms. The summed E-state index contributed by atoms with van der Waals surface area (Å²) < 4.78 is 10.9. The Morgan fingerprint density at radius 1 is 0.604 bits per heavy atom. The molecule has 0 aliphatic carbocycles. The number of carbonyl (C=O) groups is 4. The number of unbranched alkanes of at least 4 members (excludes halogenated alkanes) is 12. The van der Waals surface area contributed by atoms with Crippen molar-refractivity contribution in [3.05, 3.63) is 71.8 Å². The van der Waals surface area contributed by atoms with E-state index in [9.17, 15) is 19.2 Å². The zero-order valence-electron chi connectivity index (χ0n) is 29.7. The summed E-state index contributed by atoms with van der Waals surface area (Å²) in [5.41, 5.74) is 1.66. The molecule has 0 unspecified atom stereocenters. The van der Waals surface area contributed by atoms with Crippen molar-refractivity contribution in [2.24, 2.45) is 5.92 Å². The third-order valence-electron chi connectivity index (χ3n) is 8.48. The van der Waals surface area contributed by atoms with Crippen molar-refractivity contribution in [2.75, 3.05) is 0 Å². The Hall–Kier alpha value is -3.68. The smallest absolute Gasteiger partial charge is 0.328 e. The first-order valence-corrected chi connectivity index (χ1v) is 18.3. The highest BCUT2D eigenvalue weighted by atomic mass is 16.5. The first-order valence-electron chi connectivity index (χ1n) is 18.3. The predicted octanol–water partition coefficient (Wildman–Crippen LogP) is 8.36. The SMILES string of the molecule is CCCCCCCCCCCCCCCC(=O)N[C@@H](C(=O)N[C@H](CCC(=O)OCc1ccccc1)C(=O)OCc1ccccc1)C(C)C. The second kappa shape index (κ2) is 25.4. The molecule has 0 saturated heterocycles. The molecular formula is C40H60N2O6. The Morgan fingerprint density at radius 3 is 1.58 bits per heavy atom. The Morgan fingerprint density at radius 2 is 1.08 bits per heavy atom. The molecule has 2 atom stereocenters. The fourth-order valence-corrected chi connectivity index (χ4v) is 5.50. The second-order valence-electron chi connectivity index (χ2n) is 13.1. The van der Waals surface area contributed by atoms with E-state index in [0.717, 1.165) is 30.4 Å². The zero-order valence-corrected chi connectivity index (χ0v) is 29.7. The van der Waals surface area contributed by atoms with Gasteiger partial charge in [-0.3, -0.25) is 14.4 Å². The molecule has 0 fully saturated rings. The lowest BCUT2D eigenvalue weighted by molar-refractivity contribution is -0.151. The second-order valence-corrected chi connectivity index (χ2v) is 13.1. The van der Waals surface area contributed by atoms with E-state index in [4.69, 9.17) is 9.47 Å². The summed E-state index contributed by atoms with van der Waals surface area (Å²) in [7, 11) is 0. The number of carbonyl (C=O) groups excluding carboxylic acids is 4. The van der Waals surface area contributed by atoms with Crippen molar-refractivity contribution in [2.45, 2.75) is 149 Å². The Bertz CT molecular complexity index is 1170. The van der Waals surface area contributed by atoms with Gasteiger partial charge in [0.05, 0.1) is 0 Å². The van der Waals surface area contributed by atoms with Gasteiger partial charge in [0.1, 0.15) is 25.3 Å². The molecule has 8 heteroatoms. The summed E-state index contributed by atoms with van der Waals surface area (Å²) in [5, 5.41) is 5.62. The molecule has 0 radical (unpaired) electrons. The summed E-state index contributed by atoms with van der Waals surface area (Å²) in [6.07, 6.45) is 16.2. The average Bonchev–Trinajstić information content (AvgIpc) is 3.09. The van der Waals surface area contributed by atoms with Crippen LogP contribution >= 0.6 is 0 Å². The highest BCUT2D eigenvalue weighted by Gasteiger charge is 2.30. The zero-order chi connectivity index (χ0) is 34.8. The van der Waals surface area contributed by atoms with Crippen molar-refractivity contribution in [1.82, 2.24) is 10.6 Å². The molecule has 2 N–H and O–H groups in total. The first-order chi connectivity index (χ1) is 23.3. The topological polar surface area (TPSA) is 111 Å². The van der Waals surface area contributed by atoms with Crippen molar-refractivity contribution in [3.8, 4) is 0 Å². The monoisotopic (exact) mass is 664 g/mol. The highest BCUT2D eigenvalue weighted by molar-refractivity contribution is 5.91. The predicted molar refractivity (Wildman–Crippen MR) is 191 cm³/mol. The maximum atomic E-state index is 13.4. The first kappa shape index (κ1) is 40.5. The van der Waals surface area contributed by atoms with Crippen LogP contribution in [0.5, 0.6) is 0 Å². The van der Waals surface area contributed by atoms with Crippen molar-refractivity contribution in [3.63, 3.8) is 0 Å². The molecule has 0 heterocycles. The number of benzene rings is 2. The molecule has 0 spiro atoms. The van der Waals surface area contributed by atoms with Crippen molar-refractivity contribution < 1.29 is 28.7 Å². The van der Waals surface area contributed by atoms with Crippen LogP contribution in [0.1, 0.15) is 135 Å². The van der Waals surface area contributed by atoms with Crippen LogP contribution in [0.3, 0.4) is 0 Å². The molecule has 0 saturated carbocycles. The molecule has 2 rings (SSSR count). The molecule has 2 aromatic carbocycles. The van der Waals surface area contributed by atoms with Gasteiger partial charge in [0.2, 0.25) is 11.8 Å². The molecule has 0 aliphatic rings. The average molecular weight is 665 g/mol. The van der Waals surface area contributed by atoms with E-state index in [1.165, 1.54) is 64.2 Å². The third kappa shape index (κ3) is 18.6. The minimum atomic E-state index is -1.08. The van der Waals surface area contributed by atoms with Gasteiger partial charge >= 0.3 is 11.9 Å². The Kier molecular flexibility index (Phi) is 21.4. The fourth-order valence-electron chi connectivity index (χ4n) is 5.50. The molecular weight excluding hydrogens is 604 g/mol. The van der Waals surface area contributed by atoms with E-state index in [2.05, 4.69) is 17.6 Å². The standard InChI is InChI=1S/C40H60N2O6/c1-4-5-6-7-8-9-10-11-12-13-14-15-22-27-36(43)42-38(32(2)3)39(45)41-35(40(46)48-31-34-25-20-17-21-26-34)28-29-37(44)47-30-33-23-18-16-19-24-33/h16-21,23-26,32,35,38H,4-15,22,27-31H2,1-3H3,(H,41,45)(H,42,43)/t35-,38-/m1/s1. The number of hydrogen-bond donors (Lipinski definition) is 2. The van der Waals surface area contributed by atoms with Crippen LogP contribution in [0.2, 0.25) is 0 Å². The van der Waals surface area contributed by atoms with E-state index in [1.54, 1.807) is 0 Å². The quantitative estimate of drug-likeness (QED) is 0.0773. The van der Waals surface area contributed by atoms with Gasteiger partial charge in [-0.25, -0.2) is 4.79 Å². The van der Waals surface area contributed by atoms with Gasteiger partial charge in [-0.2, -0.15) is 0 Å². The number of amides is 2. The van der Waals surface area contributed by atoms with Gasteiger partial charge in [0.15, 0.2) is 0 Å². The lowest BCUT2D eigenvalue weighted by atomic mass is 10.0. The molecule has 2 aromatic rings. The number of hydrogen-bond acceptors (Lipinski definition) is 6. The summed E-state index contributed by atoms with van der Waals surface area (Å²) in [4.78, 5) is 51.9. The summed E-state index contributed by atoms with van der Waals surface area (Å²) in [5.74, 6) is -2.01. The Balaban J connectivity index is 1.80. The van der Waals surface area contributed by atoms with Crippen molar-refractivity contribution in [1.29, 1.82) is 0 Å². The van der Waals surface area contributed by atoms with E-state index >= 15 is 0 Å². The minimum absolute atomic E-state index is 0.00467. The van der Waals surface area contributed by atoms with Crippen LogP contribution in [0.25, 0.3) is 0 Å². The lowest BCUT2D eigenvalue weighted by Crippen LogP contribution is -2.54. The van der Waals surface area contributed by atoms with E-state index in [-0.39, 0.29) is 37.9 Å². The minimum Gasteiger partial charge on any atom is -0.461 e. The molecule has 0 aliphatic heterocycles. The number of ether oxygens (including phenoxy) is 2. The fraction of sp³-hybridized carbons (Fsp3) is 0.600. The summed E-state index contributed by atoms with van der Waals surface area (Å²) in [6.45, 7) is 6.10. The van der Waals surface area contributed by atoms with E-state index in [0.29, 0.717) is 6.42 Å². The van der Waals surface area contributed by atoms with Gasteiger partial charge in [0, 0.05) is 12.8 Å². The summed E-state index contributed by atoms with van der Waals surface area (Å²) >= 11 is 0. The normalized spacial score (nSPS) is 12.2. The van der Waals surface area contributed by atoms with Gasteiger partial charge in [-0.15, -0.1) is 0 Å². The number of rotatable bonds is 26. The van der Waals surface area contributed by atoms with E-state index < -0.39 is 29.9 Å².